The minimum absolute atomic E-state index is 0.0216. The maximum absolute atomic E-state index is 13.1. The number of rotatable bonds is 6. The quantitative estimate of drug-likeness (QED) is 0.458. The van der Waals surface area contributed by atoms with Crippen molar-refractivity contribution in [1.82, 2.24) is 14.7 Å². The van der Waals surface area contributed by atoms with Gasteiger partial charge >= 0.3 is 0 Å². The minimum atomic E-state index is -2.19. The number of piperazine rings is 1. The molecule has 4 aliphatic rings. The second kappa shape index (κ2) is 8.90. The zero-order valence-corrected chi connectivity index (χ0v) is 19.9. The van der Waals surface area contributed by atoms with Gasteiger partial charge in [-0.3, -0.25) is 14.5 Å². The smallest absolute Gasteiger partial charge is 0.246 e. The van der Waals surface area contributed by atoms with Gasteiger partial charge in [0.1, 0.15) is 6.54 Å². The van der Waals surface area contributed by atoms with Gasteiger partial charge in [-0.1, -0.05) is 18.2 Å². The summed E-state index contributed by atoms with van der Waals surface area (Å²) in [6, 6.07) is 4.09. The zero-order valence-electron chi connectivity index (χ0n) is 18.3. The Morgan fingerprint density at radius 2 is 1.88 bits per heavy atom. The van der Waals surface area contributed by atoms with Crippen molar-refractivity contribution >= 4 is 45.9 Å². The Morgan fingerprint density at radius 3 is 2.48 bits per heavy atom. The molecule has 178 valence electrons. The lowest BCUT2D eigenvalue weighted by atomic mass is 10.1. The van der Waals surface area contributed by atoms with Crippen molar-refractivity contribution in [3.8, 4) is 0 Å². The van der Waals surface area contributed by atoms with Crippen molar-refractivity contribution in [2.45, 2.75) is 30.3 Å². The number of hydrogen-bond acceptors (Lipinski definition) is 6. The summed E-state index contributed by atoms with van der Waals surface area (Å²) in [5.74, 6) is 0.317. The van der Waals surface area contributed by atoms with Gasteiger partial charge in [0.25, 0.3) is 0 Å². The molecule has 1 aromatic rings. The average Bonchev–Trinajstić information content (AvgIpc) is 3.55. The molecule has 1 aliphatic carbocycles. The van der Waals surface area contributed by atoms with E-state index in [1.165, 1.54) is 6.08 Å². The fourth-order valence-electron chi connectivity index (χ4n) is 4.88. The molecule has 2 atom stereocenters. The van der Waals surface area contributed by atoms with Crippen LogP contribution < -0.4 is 10.2 Å². The van der Waals surface area contributed by atoms with Crippen LogP contribution in [-0.2, 0) is 20.7 Å². The fourth-order valence-corrected chi connectivity index (χ4v) is 5.83. The third-order valence-electron chi connectivity index (χ3n) is 7.03. The number of halogens is 1. The standard InChI is InChI=1S/C22H28ClN5O4S/c1-2-20(29)27-11-15(12-27)25-5-7-26(8-6-25)21(30)13-28-19-9-16(14-3-4-14)17(23)10-18(19)24-22(28)33(31)32/h2,9-10,14-15,22,24H,1,3-8,11-13H2,(H,31,32). The van der Waals surface area contributed by atoms with Gasteiger partial charge in [-0.05, 0) is 42.5 Å². The zero-order chi connectivity index (χ0) is 23.3. The van der Waals surface area contributed by atoms with Gasteiger partial charge in [-0.15, -0.1) is 0 Å². The second-order valence-electron chi connectivity index (χ2n) is 9.08. The van der Waals surface area contributed by atoms with Crippen LogP contribution in [0.3, 0.4) is 0 Å². The number of fused-ring (bicyclic) bond motifs is 1. The van der Waals surface area contributed by atoms with Crippen LogP contribution in [0.2, 0.25) is 5.02 Å². The van der Waals surface area contributed by atoms with Crippen LogP contribution in [0.5, 0.6) is 0 Å². The largest absolute Gasteiger partial charge is 0.351 e. The summed E-state index contributed by atoms with van der Waals surface area (Å²) in [6.45, 7) is 7.64. The van der Waals surface area contributed by atoms with Gasteiger partial charge in [0, 0.05) is 50.3 Å². The monoisotopic (exact) mass is 493 g/mol. The highest BCUT2D eigenvalue weighted by Crippen LogP contribution is 2.48. The molecule has 2 unspecified atom stereocenters. The summed E-state index contributed by atoms with van der Waals surface area (Å²) in [6.07, 6.45) is 3.52. The molecule has 9 nitrogen and oxygen atoms in total. The SMILES string of the molecule is C=CC(=O)N1CC(N2CCN(C(=O)CN3c4cc(C5CC5)c(Cl)cc4NC3S(=O)O)CC2)C1. The number of carbonyl (C=O) groups is 2. The highest BCUT2D eigenvalue weighted by atomic mass is 35.5. The van der Waals surface area contributed by atoms with Crippen LogP contribution in [0.4, 0.5) is 11.4 Å². The number of amides is 2. The van der Waals surface area contributed by atoms with Crippen LogP contribution in [0.1, 0.15) is 24.3 Å². The fraction of sp³-hybridized carbons (Fsp3) is 0.545. The third kappa shape index (κ3) is 4.37. The molecular weight excluding hydrogens is 466 g/mol. The first-order valence-corrected chi connectivity index (χ1v) is 12.8. The molecule has 1 saturated carbocycles. The van der Waals surface area contributed by atoms with E-state index in [-0.39, 0.29) is 18.4 Å². The number of hydrogen-bond donors (Lipinski definition) is 2. The highest BCUT2D eigenvalue weighted by Gasteiger charge is 2.39. The van der Waals surface area contributed by atoms with E-state index < -0.39 is 16.6 Å². The van der Waals surface area contributed by atoms with E-state index in [1.807, 2.05) is 11.0 Å². The van der Waals surface area contributed by atoms with Crippen LogP contribution in [-0.4, -0.2) is 92.6 Å². The molecule has 3 heterocycles. The van der Waals surface area contributed by atoms with Gasteiger partial charge in [0.05, 0.1) is 11.4 Å². The van der Waals surface area contributed by atoms with Crippen LogP contribution in [0, 0.1) is 0 Å². The molecule has 0 aromatic heterocycles. The van der Waals surface area contributed by atoms with E-state index in [4.69, 9.17) is 11.6 Å². The van der Waals surface area contributed by atoms with E-state index in [0.717, 1.165) is 37.2 Å². The highest BCUT2D eigenvalue weighted by molar-refractivity contribution is 7.80. The molecule has 33 heavy (non-hydrogen) atoms. The van der Waals surface area contributed by atoms with E-state index in [0.29, 0.717) is 48.8 Å². The summed E-state index contributed by atoms with van der Waals surface area (Å²) in [5, 5.41) is 3.70. The number of likely N-dealkylation sites (tertiary alicyclic amines) is 1. The van der Waals surface area contributed by atoms with Crippen LogP contribution in [0.25, 0.3) is 0 Å². The van der Waals surface area contributed by atoms with Gasteiger partial charge < -0.3 is 24.6 Å². The molecule has 0 spiro atoms. The molecule has 0 bridgehead atoms. The number of benzene rings is 1. The summed E-state index contributed by atoms with van der Waals surface area (Å²) in [7, 11) is 0. The van der Waals surface area contributed by atoms with Crippen molar-refractivity contribution in [3.05, 3.63) is 35.4 Å². The summed E-state index contributed by atoms with van der Waals surface area (Å²) in [4.78, 5) is 32.4. The van der Waals surface area contributed by atoms with Crippen molar-refractivity contribution in [1.29, 1.82) is 0 Å². The first-order valence-electron chi connectivity index (χ1n) is 11.2. The Hall–Kier alpha value is -2.14. The number of anilines is 2. The molecule has 1 aromatic carbocycles. The Bertz CT molecular complexity index is 1000. The maximum atomic E-state index is 13.1. The van der Waals surface area contributed by atoms with Crippen LogP contribution >= 0.6 is 11.6 Å². The van der Waals surface area contributed by atoms with E-state index >= 15 is 0 Å². The topological polar surface area (TPSA) is 96.4 Å². The van der Waals surface area contributed by atoms with E-state index in [1.54, 1.807) is 15.9 Å². The minimum Gasteiger partial charge on any atom is -0.351 e. The summed E-state index contributed by atoms with van der Waals surface area (Å²) in [5.41, 5.74) is 1.58. The third-order valence-corrected chi connectivity index (χ3v) is 8.11. The summed E-state index contributed by atoms with van der Waals surface area (Å²) < 4.78 is 21.9. The predicted octanol–water partition coefficient (Wildman–Crippen LogP) is 1.50. The molecular formula is C22H28ClN5O4S. The van der Waals surface area contributed by atoms with Gasteiger partial charge in [-0.25, -0.2) is 4.21 Å². The normalized spacial score (nSPS) is 24.2. The lowest BCUT2D eigenvalue weighted by Gasteiger charge is -2.48. The Balaban J connectivity index is 1.22. The van der Waals surface area contributed by atoms with Crippen molar-refractivity contribution in [3.63, 3.8) is 0 Å². The summed E-state index contributed by atoms with van der Waals surface area (Å²) >= 11 is 4.25. The average molecular weight is 494 g/mol. The van der Waals surface area contributed by atoms with Gasteiger partial charge in [0.15, 0.2) is 11.1 Å². The number of nitrogens with zero attached hydrogens (tertiary/aromatic N) is 4. The lowest BCUT2D eigenvalue weighted by Crippen LogP contribution is -2.64. The molecule has 2 N–H and O–H groups in total. The molecule has 5 rings (SSSR count). The van der Waals surface area contributed by atoms with E-state index in [2.05, 4.69) is 16.8 Å². The Labute approximate surface area is 200 Å². The first kappa shape index (κ1) is 22.6. The maximum Gasteiger partial charge on any atom is 0.246 e. The Morgan fingerprint density at radius 1 is 1.18 bits per heavy atom. The molecule has 0 radical (unpaired) electrons. The predicted molar refractivity (Wildman–Crippen MR) is 128 cm³/mol. The van der Waals surface area contributed by atoms with Crippen molar-refractivity contribution in [2.75, 3.05) is 56.0 Å². The molecule has 3 fully saturated rings. The molecule has 3 aliphatic heterocycles. The molecule has 11 heteroatoms. The lowest BCUT2D eigenvalue weighted by molar-refractivity contribution is -0.135. The van der Waals surface area contributed by atoms with Gasteiger partial charge in [-0.2, -0.15) is 0 Å². The van der Waals surface area contributed by atoms with Crippen LogP contribution in [0.15, 0.2) is 24.8 Å². The van der Waals surface area contributed by atoms with Crippen molar-refractivity contribution < 1.29 is 18.4 Å². The number of nitrogens with one attached hydrogen (secondary N) is 1. The van der Waals surface area contributed by atoms with Gasteiger partial charge in [0.2, 0.25) is 17.3 Å². The number of carbonyl (C=O) groups excluding carboxylic acids is 2. The first-order chi connectivity index (χ1) is 15.9. The second-order valence-corrected chi connectivity index (χ2v) is 10.5. The van der Waals surface area contributed by atoms with E-state index in [9.17, 15) is 18.4 Å². The Kier molecular flexibility index (Phi) is 6.11. The molecule has 2 saturated heterocycles. The molecule has 2 amide bonds. The van der Waals surface area contributed by atoms with Crippen molar-refractivity contribution in [2.24, 2.45) is 0 Å².